The van der Waals surface area contributed by atoms with Gasteiger partial charge in [-0.3, -0.25) is 0 Å². The molecule has 0 aromatic heterocycles. The quantitative estimate of drug-likeness (QED) is 0.195. The van der Waals surface area contributed by atoms with Gasteiger partial charge >= 0.3 is 5.97 Å². The van der Waals surface area contributed by atoms with E-state index in [4.69, 9.17) is 4.84 Å². The highest BCUT2D eigenvalue weighted by atomic mass is 32.2. The second-order valence-electron chi connectivity index (χ2n) is 6.05. The largest absolute Gasteiger partial charge is 0.365 e. The minimum atomic E-state index is -0.465. The molecule has 0 aliphatic heterocycles. The van der Waals surface area contributed by atoms with E-state index < -0.39 is 5.97 Å². The molecule has 0 N–H and O–H groups in total. The van der Waals surface area contributed by atoms with Crippen LogP contribution in [0, 0.1) is 0 Å². The zero-order valence-corrected chi connectivity index (χ0v) is 16.3. The predicted octanol–water partition coefficient (Wildman–Crippen LogP) is 6.37. The maximum atomic E-state index is 12.2. The SMILES string of the molecule is C=CCC/C(=N\OC(=O)c1ccccc1)c1ccc(Sc2ccccc2)cc1. The average molecular weight is 388 g/mol. The summed E-state index contributed by atoms with van der Waals surface area (Å²) >= 11 is 1.70. The van der Waals surface area contributed by atoms with Gasteiger partial charge in [-0.1, -0.05) is 71.5 Å². The molecule has 28 heavy (non-hydrogen) atoms. The van der Waals surface area contributed by atoms with Crippen LogP contribution in [0.1, 0.15) is 28.8 Å². The molecule has 0 spiro atoms. The minimum Gasteiger partial charge on any atom is -0.313 e. The summed E-state index contributed by atoms with van der Waals surface area (Å²) in [7, 11) is 0. The Balaban J connectivity index is 1.73. The molecule has 140 valence electrons. The van der Waals surface area contributed by atoms with E-state index in [2.05, 4.69) is 36.0 Å². The van der Waals surface area contributed by atoms with Crippen molar-refractivity contribution in [2.75, 3.05) is 0 Å². The molecule has 0 radical (unpaired) electrons. The molecule has 0 unspecified atom stereocenters. The molecule has 3 aromatic rings. The lowest BCUT2D eigenvalue weighted by atomic mass is 10.1. The minimum absolute atomic E-state index is 0.465. The zero-order valence-electron chi connectivity index (χ0n) is 15.5. The van der Waals surface area contributed by atoms with Crippen LogP contribution < -0.4 is 0 Å². The number of carbonyl (C=O) groups is 1. The first kappa shape index (κ1) is 19.6. The van der Waals surface area contributed by atoms with Crippen molar-refractivity contribution in [2.24, 2.45) is 5.16 Å². The maximum Gasteiger partial charge on any atom is 0.365 e. The Bertz CT molecular complexity index is 935. The second-order valence-corrected chi connectivity index (χ2v) is 7.20. The Kier molecular flexibility index (Phi) is 7.21. The molecule has 0 fully saturated rings. The third-order valence-electron chi connectivity index (χ3n) is 4.00. The van der Waals surface area contributed by atoms with Gasteiger partial charge in [0.15, 0.2) is 0 Å². The van der Waals surface area contributed by atoms with Crippen LogP contribution in [-0.2, 0) is 4.84 Å². The van der Waals surface area contributed by atoms with E-state index in [9.17, 15) is 4.79 Å². The van der Waals surface area contributed by atoms with Gasteiger partial charge in [0.05, 0.1) is 11.3 Å². The number of carbonyl (C=O) groups excluding carboxylic acids is 1. The molecule has 3 aromatic carbocycles. The van der Waals surface area contributed by atoms with Crippen molar-refractivity contribution in [1.29, 1.82) is 0 Å². The summed E-state index contributed by atoms with van der Waals surface area (Å²) in [6.07, 6.45) is 3.23. The fourth-order valence-electron chi connectivity index (χ4n) is 2.54. The predicted molar refractivity (Wildman–Crippen MR) is 115 cm³/mol. The molecule has 0 heterocycles. The highest BCUT2D eigenvalue weighted by Crippen LogP contribution is 2.27. The van der Waals surface area contributed by atoms with E-state index in [1.165, 1.54) is 4.90 Å². The van der Waals surface area contributed by atoms with Crippen LogP contribution in [0.25, 0.3) is 0 Å². The fraction of sp³-hybridized carbons (Fsp3) is 0.0833. The van der Waals surface area contributed by atoms with Crippen molar-refractivity contribution in [3.63, 3.8) is 0 Å². The van der Waals surface area contributed by atoms with Crippen LogP contribution in [0.3, 0.4) is 0 Å². The number of hydrogen-bond donors (Lipinski definition) is 0. The molecule has 0 amide bonds. The summed E-state index contributed by atoms with van der Waals surface area (Å²) in [4.78, 5) is 19.7. The van der Waals surface area contributed by atoms with Gasteiger partial charge in [-0.25, -0.2) is 4.79 Å². The van der Waals surface area contributed by atoms with Gasteiger partial charge in [-0.2, -0.15) is 0 Å². The van der Waals surface area contributed by atoms with Gasteiger partial charge in [0.2, 0.25) is 0 Å². The summed E-state index contributed by atoms with van der Waals surface area (Å²) in [5.74, 6) is -0.465. The lowest BCUT2D eigenvalue weighted by Crippen LogP contribution is -2.06. The lowest BCUT2D eigenvalue weighted by Gasteiger charge is -2.07. The van der Waals surface area contributed by atoms with E-state index in [0.717, 1.165) is 22.6 Å². The van der Waals surface area contributed by atoms with Crippen LogP contribution in [0.2, 0.25) is 0 Å². The summed E-state index contributed by atoms with van der Waals surface area (Å²) in [5, 5.41) is 4.13. The maximum absolute atomic E-state index is 12.2. The highest BCUT2D eigenvalue weighted by Gasteiger charge is 2.09. The van der Waals surface area contributed by atoms with Gasteiger partial charge in [-0.05, 0) is 54.8 Å². The zero-order chi connectivity index (χ0) is 19.6. The van der Waals surface area contributed by atoms with E-state index in [-0.39, 0.29) is 0 Å². The van der Waals surface area contributed by atoms with Gasteiger partial charge < -0.3 is 4.84 Å². The molecule has 0 aliphatic rings. The van der Waals surface area contributed by atoms with Crippen LogP contribution in [0.5, 0.6) is 0 Å². The Hall–Kier alpha value is -3.11. The summed E-state index contributed by atoms with van der Waals surface area (Å²) in [6.45, 7) is 3.76. The standard InChI is InChI=1S/C24H21NO2S/c1-2-3-14-23(25-27-24(26)20-10-6-4-7-11-20)19-15-17-22(18-16-19)28-21-12-8-5-9-13-21/h2,4-13,15-18H,1,3,14H2/b25-23+. The molecule has 3 nitrogen and oxygen atoms in total. The van der Waals surface area contributed by atoms with E-state index in [1.807, 2.05) is 42.5 Å². The Morgan fingerprint density at radius 3 is 2.11 bits per heavy atom. The van der Waals surface area contributed by atoms with E-state index >= 15 is 0 Å². The molecule has 0 saturated heterocycles. The Labute approximate surface area is 169 Å². The van der Waals surface area contributed by atoms with E-state index in [1.54, 1.807) is 36.0 Å². The first-order chi connectivity index (χ1) is 13.8. The third kappa shape index (κ3) is 5.69. The van der Waals surface area contributed by atoms with Crippen molar-refractivity contribution in [3.8, 4) is 0 Å². The number of hydrogen-bond acceptors (Lipinski definition) is 4. The molecule has 0 saturated carbocycles. The van der Waals surface area contributed by atoms with Crippen LogP contribution >= 0.6 is 11.8 Å². The van der Waals surface area contributed by atoms with Crippen molar-refractivity contribution < 1.29 is 9.63 Å². The first-order valence-electron chi connectivity index (χ1n) is 9.04. The number of allylic oxidation sites excluding steroid dienone is 1. The molecule has 3 rings (SSSR count). The molecular formula is C24H21NO2S. The number of oxime groups is 1. The Morgan fingerprint density at radius 1 is 0.857 bits per heavy atom. The molecule has 0 aliphatic carbocycles. The van der Waals surface area contributed by atoms with Crippen molar-refractivity contribution in [1.82, 2.24) is 0 Å². The van der Waals surface area contributed by atoms with Crippen molar-refractivity contribution in [2.45, 2.75) is 22.6 Å². The molecule has 0 atom stereocenters. The smallest absolute Gasteiger partial charge is 0.313 e. The van der Waals surface area contributed by atoms with E-state index in [0.29, 0.717) is 12.0 Å². The highest BCUT2D eigenvalue weighted by molar-refractivity contribution is 7.99. The summed E-state index contributed by atoms with van der Waals surface area (Å²) in [5.41, 5.74) is 2.13. The second kappa shape index (κ2) is 10.3. The summed E-state index contributed by atoms with van der Waals surface area (Å²) < 4.78 is 0. The lowest BCUT2D eigenvalue weighted by molar-refractivity contribution is 0.0515. The normalized spacial score (nSPS) is 11.1. The average Bonchev–Trinajstić information content (AvgIpc) is 2.76. The fourth-order valence-corrected chi connectivity index (χ4v) is 3.38. The molecule has 4 heteroatoms. The number of benzene rings is 3. The number of rotatable bonds is 8. The molecule has 0 bridgehead atoms. The molecular weight excluding hydrogens is 366 g/mol. The Morgan fingerprint density at radius 2 is 1.46 bits per heavy atom. The third-order valence-corrected chi connectivity index (χ3v) is 5.02. The van der Waals surface area contributed by atoms with Gasteiger partial charge in [0.1, 0.15) is 0 Å². The van der Waals surface area contributed by atoms with Crippen molar-refractivity contribution >= 4 is 23.4 Å². The summed E-state index contributed by atoms with van der Waals surface area (Å²) in [6, 6.07) is 27.2. The van der Waals surface area contributed by atoms with Crippen LogP contribution in [0.15, 0.2) is 113 Å². The van der Waals surface area contributed by atoms with Crippen LogP contribution in [-0.4, -0.2) is 11.7 Å². The first-order valence-corrected chi connectivity index (χ1v) is 9.85. The monoisotopic (exact) mass is 387 g/mol. The number of nitrogens with zero attached hydrogens (tertiary/aromatic N) is 1. The van der Waals surface area contributed by atoms with Gasteiger partial charge in [-0.15, -0.1) is 6.58 Å². The van der Waals surface area contributed by atoms with Crippen LogP contribution in [0.4, 0.5) is 0 Å². The van der Waals surface area contributed by atoms with Gasteiger partial charge in [0, 0.05) is 9.79 Å². The van der Waals surface area contributed by atoms with Crippen molar-refractivity contribution in [3.05, 3.63) is 109 Å². The van der Waals surface area contributed by atoms with Gasteiger partial charge in [0.25, 0.3) is 0 Å². The topological polar surface area (TPSA) is 38.7 Å².